The second-order valence-electron chi connectivity index (χ2n) is 9.26. The van der Waals surface area contributed by atoms with E-state index in [1.165, 1.54) is 64.2 Å². The molecule has 1 aromatic heterocycles. The summed E-state index contributed by atoms with van der Waals surface area (Å²) in [6.45, 7) is 7.45. The molecule has 0 aliphatic carbocycles. The van der Waals surface area contributed by atoms with Crippen molar-refractivity contribution >= 4 is 0 Å². The molecular formula is C30H48N2O3. The number of nitrogens with zero attached hydrogens (tertiary/aromatic N) is 2. The third-order valence-electron chi connectivity index (χ3n) is 6.16. The second kappa shape index (κ2) is 20.1. The molecule has 0 spiro atoms. The maximum atomic E-state index is 5.91. The van der Waals surface area contributed by atoms with E-state index in [2.05, 4.69) is 16.9 Å². The summed E-state index contributed by atoms with van der Waals surface area (Å²) in [7, 11) is 0. The lowest BCUT2D eigenvalue weighted by Gasteiger charge is -2.08. The van der Waals surface area contributed by atoms with Gasteiger partial charge in [-0.3, -0.25) is 0 Å². The summed E-state index contributed by atoms with van der Waals surface area (Å²) >= 11 is 0. The first kappa shape index (κ1) is 29.1. The summed E-state index contributed by atoms with van der Waals surface area (Å²) in [6.07, 6.45) is 21.4. The minimum Gasteiger partial charge on any atom is -0.494 e. The first-order chi connectivity index (χ1) is 17.3. The molecule has 2 rings (SSSR count). The molecule has 0 unspecified atom stereocenters. The van der Waals surface area contributed by atoms with Crippen LogP contribution in [0.5, 0.6) is 11.5 Å². The molecule has 196 valence electrons. The van der Waals surface area contributed by atoms with Crippen LogP contribution in [0.1, 0.15) is 104 Å². The zero-order chi connectivity index (χ0) is 24.8. The smallest absolute Gasteiger partial charge is 0.159 e. The Balaban J connectivity index is 1.54. The molecule has 0 saturated heterocycles. The Labute approximate surface area is 214 Å². The van der Waals surface area contributed by atoms with E-state index < -0.39 is 0 Å². The average molecular weight is 485 g/mol. The van der Waals surface area contributed by atoms with Crippen LogP contribution in [-0.2, 0) is 4.74 Å². The highest BCUT2D eigenvalue weighted by Crippen LogP contribution is 2.21. The van der Waals surface area contributed by atoms with Crippen LogP contribution in [0.25, 0.3) is 11.4 Å². The number of ether oxygens (including phenoxy) is 3. The normalized spacial score (nSPS) is 11.0. The molecule has 0 aliphatic heterocycles. The van der Waals surface area contributed by atoms with Gasteiger partial charge in [-0.2, -0.15) is 0 Å². The van der Waals surface area contributed by atoms with Crippen molar-refractivity contribution in [3.8, 4) is 22.9 Å². The van der Waals surface area contributed by atoms with Crippen LogP contribution in [0.4, 0.5) is 0 Å². The van der Waals surface area contributed by atoms with Gasteiger partial charge in [0.05, 0.1) is 25.6 Å². The van der Waals surface area contributed by atoms with Gasteiger partial charge >= 0.3 is 0 Å². The van der Waals surface area contributed by atoms with Crippen LogP contribution in [0, 0.1) is 0 Å². The van der Waals surface area contributed by atoms with E-state index in [1.54, 1.807) is 12.4 Å². The van der Waals surface area contributed by atoms with Crippen LogP contribution < -0.4 is 9.47 Å². The average Bonchev–Trinajstić information content (AvgIpc) is 2.89. The van der Waals surface area contributed by atoms with E-state index in [-0.39, 0.29) is 0 Å². The van der Waals surface area contributed by atoms with Crippen molar-refractivity contribution in [2.45, 2.75) is 104 Å². The Kier molecular flexibility index (Phi) is 16.7. The van der Waals surface area contributed by atoms with Crippen LogP contribution in [0.3, 0.4) is 0 Å². The molecule has 0 bridgehead atoms. The highest BCUT2D eigenvalue weighted by atomic mass is 16.5. The second-order valence-corrected chi connectivity index (χ2v) is 9.26. The lowest BCUT2D eigenvalue weighted by atomic mass is 10.1. The highest BCUT2D eigenvalue weighted by Gasteiger charge is 2.04. The summed E-state index contributed by atoms with van der Waals surface area (Å²) in [5.41, 5.74) is 0.983. The van der Waals surface area contributed by atoms with Crippen molar-refractivity contribution in [2.24, 2.45) is 0 Å². The summed E-state index contributed by atoms with van der Waals surface area (Å²) in [4.78, 5) is 8.93. The SMILES string of the molecule is CCCCCCCCCCCCOc1ccc(-c2ncc(OCCCCCCOCC)cn2)cc1. The molecule has 2 aromatic rings. The molecule has 5 nitrogen and oxygen atoms in total. The van der Waals surface area contributed by atoms with Gasteiger partial charge in [0.1, 0.15) is 5.75 Å². The molecule has 1 aromatic carbocycles. The number of unbranched alkanes of at least 4 members (excludes halogenated alkanes) is 12. The number of aromatic nitrogens is 2. The molecule has 0 fully saturated rings. The molecule has 0 radical (unpaired) electrons. The third kappa shape index (κ3) is 14.1. The maximum absolute atomic E-state index is 5.91. The first-order valence-electron chi connectivity index (χ1n) is 14.1. The van der Waals surface area contributed by atoms with E-state index >= 15 is 0 Å². The number of hydrogen-bond acceptors (Lipinski definition) is 5. The quantitative estimate of drug-likeness (QED) is 0.157. The predicted molar refractivity (Wildman–Crippen MR) is 145 cm³/mol. The van der Waals surface area contributed by atoms with Gasteiger partial charge in [-0.05, 0) is 56.9 Å². The van der Waals surface area contributed by atoms with Gasteiger partial charge in [-0.1, -0.05) is 71.1 Å². The van der Waals surface area contributed by atoms with Crippen LogP contribution in [0.2, 0.25) is 0 Å². The Morgan fingerprint density at radius 1 is 0.543 bits per heavy atom. The van der Waals surface area contributed by atoms with Crippen molar-refractivity contribution in [1.82, 2.24) is 9.97 Å². The minimum atomic E-state index is 0.697. The van der Waals surface area contributed by atoms with Crippen molar-refractivity contribution in [3.05, 3.63) is 36.7 Å². The lowest BCUT2D eigenvalue weighted by Crippen LogP contribution is -2.00. The molecule has 5 heteroatoms. The Bertz CT molecular complexity index is 734. The van der Waals surface area contributed by atoms with Crippen LogP contribution in [-0.4, -0.2) is 36.4 Å². The van der Waals surface area contributed by atoms with E-state index in [0.29, 0.717) is 12.4 Å². The van der Waals surface area contributed by atoms with Gasteiger partial charge in [0, 0.05) is 18.8 Å². The molecule has 1 heterocycles. The van der Waals surface area contributed by atoms with Crippen molar-refractivity contribution < 1.29 is 14.2 Å². The maximum Gasteiger partial charge on any atom is 0.159 e. The highest BCUT2D eigenvalue weighted by molar-refractivity contribution is 5.56. The van der Waals surface area contributed by atoms with Crippen LogP contribution >= 0.6 is 0 Å². The van der Waals surface area contributed by atoms with E-state index in [0.717, 1.165) is 62.6 Å². The minimum absolute atomic E-state index is 0.697. The lowest BCUT2D eigenvalue weighted by molar-refractivity contribution is 0.142. The van der Waals surface area contributed by atoms with Crippen molar-refractivity contribution in [2.75, 3.05) is 26.4 Å². The summed E-state index contributed by atoms with van der Waals surface area (Å²) in [5, 5.41) is 0. The molecular weight excluding hydrogens is 436 g/mol. The van der Waals surface area contributed by atoms with Gasteiger partial charge in [0.25, 0.3) is 0 Å². The topological polar surface area (TPSA) is 53.5 Å². The van der Waals surface area contributed by atoms with Gasteiger partial charge < -0.3 is 14.2 Å². The largest absolute Gasteiger partial charge is 0.494 e. The fourth-order valence-electron chi connectivity index (χ4n) is 4.01. The number of hydrogen-bond donors (Lipinski definition) is 0. The molecule has 0 amide bonds. The van der Waals surface area contributed by atoms with Crippen LogP contribution in [0.15, 0.2) is 36.7 Å². The summed E-state index contributed by atoms with van der Waals surface area (Å²) in [6, 6.07) is 8.05. The summed E-state index contributed by atoms with van der Waals surface area (Å²) < 4.78 is 17.0. The monoisotopic (exact) mass is 484 g/mol. The van der Waals surface area contributed by atoms with Crippen molar-refractivity contribution in [1.29, 1.82) is 0 Å². The Morgan fingerprint density at radius 2 is 1.03 bits per heavy atom. The van der Waals surface area contributed by atoms with Crippen molar-refractivity contribution in [3.63, 3.8) is 0 Å². The standard InChI is InChI=1S/C30H48N2O3/c1-3-5-6-7-8-9-10-11-12-16-23-34-28-20-18-27(19-21-28)30-31-25-29(26-32-30)35-24-17-14-13-15-22-33-4-2/h18-21,25-26H,3-17,22-24H2,1-2H3. The molecule has 0 saturated carbocycles. The third-order valence-corrected chi connectivity index (χ3v) is 6.16. The first-order valence-corrected chi connectivity index (χ1v) is 14.1. The summed E-state index contributed by atoms with van der Waals surface area (Å²) in [5.74, 6) is 2.33. The van der Waals surface area contributed by atoms with Gasteiger partial charge in [-0.15, -0.1) is 0 Å². The Morgan fingerprint density at radius 3 is 1.57 bits per heavy atom. The zero-order valence-electron chi connectivity index (χ0n) is 22.3. The number of benzene rings is 1. The Hall–Kier alpha value is -2.14. The van der Waals surface area contributed by atoms with E-state index in [9.17, 15) is 0 Å². The fourth-order valence-corrected chi connectivity index (χ4v) is 4.01. The molecule has 0 N–H and O–H groups in total. The van der Waals surface area contributed by atoms with Gasteiger partial charge in [0.15, 0.2) is 11.6 Å². The molecule has 0 aliphatic rings. The van der Waals surface area contributed by atoms with E-state index in [4.69, 9.17) is 14.2 Å². The van der Waals surface area contributed by atoms with Gasteiger partial charge in [0.2, 0.25) is 0 Å². The molecule has 35 heavy (non-hydrogen) atoms. The predicted octanol–water partition coefficient (Wildman–Crippen LogP) is 8.42. The number of rotatable bonds is 22. The zero-order valence-corrected chi connectivity index (χ0v) is 22.3. The fraction of sp³-hybridized carbons (Fsp3) is 0.667. The van der Waals surface area contributed by atoms with E-state index in [1.807, 2.05) is 31.2 Å². The van der Waals surface area contributed by atoms with Gasteiger partial charge in [-0.25, -0.2) is 9.97 Å². The molecule has 0 atom stereocenters.